The molecule has 1 heterocycles. The van der Waals surface area contributed by atoms with Gasteiger partial charge in [0.2, 0.25) is 0 Å². The van der Waals surface area contributed by atoms with Gasteiger partial charge < -0.3 is 11.1 Å². The van der Waals surface area contributed by atoms with E-state index in [0.717, 1.165) is 35.0 Å². The Labute approximate surface area is 123 Å². The summed E-state index contributed by atoms with van der Waals surface area (Å²) in [6, 6.07) is 15.2. The molecule has 0 atom stereocenters. The Kier molecular flexibility index (Phi) is 2.78. The van der Waals surface area contributed by atoms with Crippen LogP contribution < -0.4 is 11.1 Å². The number of aromatic nitrogens is 1. The zero-order valence-corrected chi connectivity index (χ0v) is 11.7. The topological polar surface area (TPSA) is 50.9 Å². The van der Waals surface area contributed by atoms with Crippen LogP contribution in [0.15, 0.2) is 54.9 Å². The average Bonchev–Trinajstić information content (AvgIpc) is 2.93. The van der Waals surface area contributed by atoms with Gasteiger partial charge in [0, 0.05) is 29.2 Å². The maximum atomic E-state index is 6.31. The predicted molar refractivity (Wildman–Crippen MR) is 87.4 cm³/mol. The van der Waals surface area contributed by atoms with Crippen LogP contribution in [0.5, 0.6) is 0 Å². The van der Waals surface area contributed by atoms with Gasteiger partial charge in [-0.2, -0.15) is 0 Å². The molecule has 0 aliphatic heterocycles. The van der Waals surface area contributed by atoms with E-state index in [1.165, 1.54) is 11.1 Å². The Morgan fingerprint density at radius 3 is 2.52 bits per heavy atom. The van der Waals surface area contributed by atoms with Gasteiger partial charge >= 0.3 is 0 Å². The summed E-state index contributed by atoms with van der Waals surface area (Å²) in [4.78, 5) is 4.14. The third-order valence-electron chi connectivity index (χ3n) is 4.27. The molecule has 1 aliphatic rings. The van der Waals surface area contributed by atoms with E-state index in [1.54, 1.807) is 6.20 Å². The van der Waals surface area contributed by atoms with Crippen molar-refractivity contribution in [3.05, 3.63) is 66.0 Å². The first-order chi connectivity index (χ1) is 10.3. The maximum absolute atomic E-state index is 6.31. The highest BCUT2D eigenvalue weighted by Crippen LogP contribution is 2.31. The molecule has 0 radical (unpaired) electrons. The number of nitrogens with one attached hydrogen (secondary N) is 1. The fourth-order valence-corrected chi connectivity index (χ4v) is 3.20. The van der Waals surface area contributed by atoms with Crippen molar-refractivity contribution in [1.82, 2.24) is 4.98 Å². The standard InChI is InChI=1S/C18H17N3/c19-18-16-7-8-20-11-14(16)5-6-17(18)21-15-9-12-3-1-2-4-13(12)10-15/h1-8,11,15,21H,9-10,19H2. The highest BCUT2D eigenvalue weighted by atomic mass is 14.9. The summed E-state index contributed by atoms with van der Waals surface area (Å²) >= 11 is 0. The Balaban J connectivity index is 1.63. The van der Waals surface area contributed by atoms with E-state index in [9.17, 15) is 0 Å². The molecule has 2 aromatic carbocycles. The van der Waals surface area contributed by atoms with Crippen molar-refractivity contribution in [2.24, 2.45) is 0 Å². The number of hydrogen-bond acceptors (Lipinski definition) is 3. The Morgan fingerprint density at radius 2 is 1.76 bits per heavy atom. The summed E-state index contributed by atoms with van der Waals surface area (Å²) in [5.74, 6) is 0. The minimum atomic E-state index is 0.420. The smallest absolute Gasteiger partial charge is 0.0630 e. The zero-order valence-electron chi connectivity index (χ0n) is 11.7. The number of nitrogen functional groups attached to an aromatic ring is 1. The van der Waals surface area contributed by atoms with Crippen LogP contribution in [0.25, 0.3) is 10.8 Å². The molecule has 3 nitrogen and oxygen atoms in total. The van der Waals surface area contributed by atoms with Crippen molar-refractivity contribution >= 4 is 22.1 Å². The number of rotatable bonds is 2. The van der Waals surface area contributed by atoms with Crippen LogP contribution in [0.2, 0.25) is 0 Å². The average molecular weight is 275 g/mol. The zero-order chi connectivity index (χ0) is 14.2. The molecule has 104 valence electrons. The third kappa shape index (κ3) is 2.11. The van der Waals surface area contributed by atoms with Crippen LogP contribution in [0, 0.1) is 0 Å². The van der Waals surface area contributed by atoms with E-state index in [1.807, 2.05) is 12.3 Å². The lowest BCUT2D eigenvalue weighted by atomic mass is 10.1. The molecule has 1 aromatic heterocycles. The van der Waals surface area contributed by atoms with Gasteiger partial charge in [0.15, 0.2) is 0 Å². The molecule has 1 aliphatic carbocycles. The second-order valence-electron chi connectivity index (χ2n) is 5.64. The number of fused-ring (bicyclic) bond motifs is 2. The van der Waals surface area contributed by atoms with Crippen molar-refractivity contribution in [3.8, 4) is 0 Å². The van der Waals surface area contributed by atoms with Crippen LogP contribution in [-0.4, -0.2) is 11.0 Å². The van der Waals surface area contributed by atoms with Crippen molar-refractivity contribution < 1.29 is 0 Å². The lowest BCUT2D eigenvalue weighted by Crippen LogP contribution is -2.20. The van der Waals surface area contributed by atoms with E-state index >= 15 is 0 Å². The maximum Gasteiger partial charge on any atom is 0.0630 e. The molecule has 3 N–H and O–H groups in total. The molecule has 3 heteroatoms. The second-order valence-corrected chi connectivity index (χ2v) is 5.64. The van der Waals surface area contributed by atoms with Crippen LogP contribution in [0.3, 0.4) is 0 Å². The van der Waals surface area contributed by atoms with Gasteiger partial charge in [0.05, 0.1) is 11.4 Å². The van der Waals surface area contributed by atoms with Gasteiger partial charge in [-0.15, -0.1) is 0 Å². The van der Waals surface area contributed by atoms with Gasteiger partial charge in [-0.25, -0.2) is 0 Å². The SMILES string of the molecule is Nc1c(NC2Cc3ccccc3C2)ccc2cnccc12. The van der Waals surface area contributed by atoms with E-state index in [2.05, 4.69) is 46.7 Å². The number of benzene rings is 2. The molecule has 3 aromatic rings. The fourth-order valence-electron chi connectivity index (χ4n) is 3.20. The normalized spacial score (nSPS) is 14.3. The first-order valence-electron chi connectivity index (χ1n) is 7.27. The van der Waals surface area contributed by atoms with Crippen LogP contribution in [-0.2, 0) is 12.8 Å². The summed E-state index contributed by atoms with van der Waals surface area (Å²) in [6.07, 6.45) is 5.75. The first kappa shape index (κ1) is 12.2. The molecule has 0 spiro atoms. The number of hydrogen-bond donors (Lipinski definition) is 2. The van der Waals surface area contributed by atoms with Crippen molar-refractivity contribution in [2.75, 3.05) is 11.1 Å². The van der Waals surface area contributed by atoms with E-state index < -0.39 is 0 Å². The molecular formula is C18H17N3. The predicted octanol–water partition coefficient (Wildman–Crippen LogP) is 3.40. The molecule has 0 unspecified atom stereocenters. The summed E-state index contributed by atoms with van der Waals surface area (Å²) in [6.45, 7) is 0. The lowest BCUT2D eigenvalue weighted by Gasteiger charge is -2.16. The van der Waals surface area contributed by atoms with E-state index in [0.29, 0.717) is 6.04 Å². The summed E-state index contributed by atoms with van der Waals surface area (Å²) in [5.41, 5.74) is 11.0. The highest BCUT2D eigenvalue weighted by Gasteiger charge is 2.21. The summed E-state index contributed by atoms with van der Waals surface area (Å²) in [7, 11) is 0. The number of nitrogens with zero attached hydrogens (tertiary/aromatic N) is 1. The fraction of sp³-hybridized carbons (Fsp3) is 0.167. The molecule has 4 rings (SSSR count). The Hall–Kier alpha value is -2.55. The summed E-state index contributed by atoms with van der Waals surface area (Å²) < 4.78 is 0. The van der Waals surface area contributed by atoms with Gasteiger partial charge in [-0.05, 0) is 36.1 Å². The summed E-state index contributed by atoms with van der Waals surface area (Å²) in [5, 5.41) is 5.74. The Morgan fingerprint density at radius 1 is 1.00 bits per heavy atom. The van der Waals surface area contributed by atoms with Crippen molar-refractivity contribution in [1.29, 1.82) is 0 Å². The van der Waals surface area contributed by atoms with E-state index in [-0.39, 0.29) is 0 Å². The molecule has 0 saturated carbocycles. The molecular weight excluding hydrogens is 258 g/mol. The van der Waals surface area contributed by atoms with Crippen LogP contribution >= 0.6 is 0 Å². The molecule has 21 heavy (non-hydrogen) atoms. The van der Waals surface area contributed by atoms with Crippen molar-refractivity contribution in [3.63, 3.8) is 0 Å². The van der Waals surface area contributed by atoms with Crippen LogP contribution in [0.4, 0.5) is 11.4 Å². The third-order valence-corrected chi connectivity index (χ3v) is 4.27. The van der Waals surface area contributed by atoms with Gasteiger partial charge in [0.1, 0.15) is 0 Å². The second kappa shape index (κ2) is 4.77. The first-order valence-corrected chi connectivity index (χ1v) is 7.27. The minimum Gasteiger partial charge on any atom is -0.397 e. The van der Waals surface area contributed by atoms with Gasteiger partial charge in [0.25, 0.3) is 0 Å². The molecule has 0 amide bonds. The van der Waals surface area contributed by atoms with Gasteiger partial charge in [-0.1, -0.05) is 30.3 Å². The quantitative estimate of drug-likeness (QED) is 0.705. The van der Waals surface area contributed by atoms with E-state index in [4.69, 9.17) is 5.73 Å². The number of nitrogens with two attached hydrogens (primary N) is 1. The van der Waals surface area contributed by atoms with Gasteiger partial charge in [-0.3, -0.25) is 4.98 Å². The largest absolute Gasteiger partial charge is 0.397 e. The number of anilines is 2. The monoisotopic (exact) mass is 275 g/mol. The molecule has 0 bridgehead atoms. The lowest BCUT2D eigenvalue weighted by molar-refractivity contribution is 0.775. The Bertz CT molecular complexity index is 785. The van der Waals surface area contributed by atoms with Crippen LogP contribution in [0.1, 0.15) is 11.1 Å². The van der Waals surface area contributed by atoms with Crippen molar-refractivity contribution in [2.45, 2.75) is 18.9 Å². The number of pyridine rings is 1. The molecule has 0 saturated heterocycles. The molecule has 0 fully saturated rings. The minimum absolute atomic E-state index is 0.420. The highest BCUT2D eigenvalue weighted by molar-refractivity contribution is 5.98.